The highest BCUT2D eigenvalue weighted by atomic mass is 35.5. The predicted octanol–water partition coefficient (Wildman–Crippen LogP) is 3.47. The zero-order valence-electron chi connectivity index (χ0n) is 15.8. The Balaban J connectivity index is 2.00. The van der Waals surface area contributed by atoms with Gasteiger partial charge in [-0.3, -0.25) is 24.6 Å². The van der Waals surface area contributed by atoms with Crippen molar-refractivity contribution in [3.05, 3.63) is 33.3 Å². The molecule has 1 aliphatic rings. The number of carbonyl (C=O) groups is 3. The van der Waals surface area contributed by atoms with Crippen LogP contribution in [0, 0.1) is 10.1 Å². The van der Waals surface area contributed by atoms with Crippen LogP contribution in [0.4, 0.5) is 16.2 Å². The third-order valence-electron chi connectivity index (χ3n) is 4.60. The number of halogens is 1. The third kappa shape index (κ3) is 4.98. The van der Waals surface area contributed by atoms with E-state index in [4.69, 9.17) is 11.6 Å². The van der Waals surface area contributed by atoms with Crippen molar-refractivity contribution in [1.82, 2.24) is 10.2 Å². The summed E-state index contributed by atoms with van der Waals surface area (Å²) < 4.78 is 0. The smallest absolute Gasteiger partial charge is 0.324 e. The lowest BCUT2D eigenvalue weighted by molar-refractivity contribution is -0.384. The molecular weight excluding hydrogens is 388 g/mol. The number of amides is 4. The minimum atomic E-state index is -1.02. The summed E-state index contributed by atoms with van der Waals surface area (Å²) in [4.78, 5) is 48.2. The molecule has 4 amide bonds. The number of nitrogens with one attached hydrogen (secondary N) is 2. The highest BCUT2D eigenvalue weighted by Crippen LogP contribution is 2.28. The molecule has 152 valence electrons. The van der Waals surface area contributed by atoms with E-state index in [-0.39, 0.29) is 16.4 Å². The first kappa shape index (κ1) is 21.6. The van der Waals surface area contributed by atoms with Crippen LogP contribution in [0.3, 0.4) is 0 Å². The molecular formula is C18H23ClN4O5. The lowest BCUT2D eigenvalue weighted by Crippen LogP contribution is -2.44. The lowest BCUT2D eigenvalue weighted by atomic mass is 9.94. The summed E-state index contributed by atoms with van der Waals surface area (Å²) in [6.45, 7) is 3.26. The Morgan fingerprint density at radius 3 is 2.68 bits per heavy atom. The average Bonchev–Trinajstić information content (AvgIpc) is 2.83. The molecule has 1 saturated heterocycles. The van der Waals surface area contributed by atoms with Crippen molar-refractivity contribution < 1.29 is 19.3 Å². The summed E-state index contributed by atoms with van der Waals surface area (Å²) in [7, 11) is 0. The van der Waals surface area contributed by atoms with Crippen molar-refractivity contribution in [3.63, 3.8) is 0 Å². The van der Waals surface area contributed by atoms with Gasteiger partial charge in [-0.15, -0.1) is 0 Å². The van der Waals surface area contributed by atoms with Gasteiger partial charge in [-0.1, -0.05) is 44.2 Å². The molecule has 1 fully saturated rings. The maximum atomic E-state index is 12.6. The Hall–Kier alpha value is -2.68. The van der Waals surface area contributed by atoms with E-state index < -0.39 is 34.9 Å². The van der Waals surface area contributed by atoms with Crippen LogP contribution in [0.2, 0.25) is 5.02 Å². The molecule has 0 spiro atoms. The minimum Gasteiger partial charge on any atom is -0.324 e. The predicted molar refractivity (Wildman–Crippen MR) is 104 cm³/mol. The fourth-order valence-electron chi connectivity index (χ4n) is 3.04. The number of nitrogens with zero attached hydrogens (tertiary/aromatic N) is 2. The third-order valence-corrected chi connectivity index (χ3v) is 4.92. The number of rotatable bonds is 9. The van der Waals surface area contributed by atoms with E-state index in [0.717, 1.165) is 36.6 Å². The van der Waals surface area contributed by atoms with E-state index in [0.29, 0.717) is 6.42 Å². The first-order valence-corrected chi connectivity index (χ1v) is 9.43. The highest BCUT2D eigenvalue weighted by Gasteiger charge is 2.47. The van der Waals surface area contributed by atoms with Gasteiger partial charge in [0, 0.05) is 11.8 Å². The molecule has 2 N–H and O–H groups in total. The van der Waals surface area contributed by atoms with E-state index >= 15 is 0 Å². The number of nitro groups is 1. The number of benzene rings is 1. The zero-order chi connectivity index (χ0) is 20.9. The number of urea groups is 1. The Kier molecular flexibility index (Phi) is 6.95. The molecule has 0 bridgehead atoms. The Morgan fingerprint density at radius 2 is 2.04 bits per heavy atom. The van der Waals surface area contributed by atoms with Crippen molar-refractivity contribution >= 4 is 40.8 Å². The van der Waals surface area contributed by atoms with Gasteiger partial charge in [0.2, 0.25) is 5.91 Å². The molecule has 1 aromatic rings. The minimum absolute atomic E-state index is 0.0593. The number of hydrogen-bond donors (Lipinski definition) is 2. The normalized spacial score (nSPS) is 18.9. The molecule has 1 atom stereocenters. The van der Waals surface area contributed by atoms with E-state index in [9.17, 15) is 24.5 Å². The topological polar surface area (TPSA) is 122 Å². The van der Waals surface area contributed by atoms with Crippen LogP contribution in [0.5, 0.6) is 0 Å². The highest BCUT2D eigenvalue weighted by molar-refractivity contribution is 6.32. The molecule has 1 heterocycles. The van der Waals surface area contributed by atoms with Crippen LogP contribution in [0.15, 0.2) is 18.2 Å². The van der Waals surface area contributed by atoms with Gasteiger partial charge in [-0.25, -0.2) is 4.79 Å². The maximum absolute atomic E-state index is 12.6. The molecule has 0 radical (unpaired) electrons. The van der Waals surface area contributed by atoms with Gasteiger partial charge < -0.3 is 10.6 Å². The van der Waals surface area contributed by atoms with Crippen LogP contribution in [0.25, 0.3) is 0 Å². The molecule has 1 aliphatic heterocycles. The number of nitro benzene ring substituents is 1. The molecule has 9 nitrogen and oxygen atoms in total. The quantitative estimate of drug-likeness (QED) is 0.279. The summed E-state index contributed by atoms with van der Waals surface area (Å²) in [6, 6.07) is 3.18. The van der Waals surface area contributed by atoms with Gasteiger partial charge in [0.15, 0.2) is 0 Å². The molecule has 28 heavy (non-hydrogen) atoms. The average molecular weight is 411 g/mol. The van der Waals surface area contributed by atoms with Crippen molar-refractivity contribution in [2.45, 2.75) is 51.5 Å². The van der Waals surface area contributed by atoms with E-state index in [1.165, 1.54) is 12.1 Å². The maximum Gasteiger partial charge on any atom is 0.325 e. The summed E-state index contributed by atoms with van der Waals surface area (Å²) in [5.41, 5.74) is -1.23. The van der Waals surface area contributed by atoms with Gasteiger partial charge in [0.1, 0.15) is 17.1 Å². The number of anilines is 1. The second-order valence-electron chi connectivity index (χ2n) is 6.94. The largest absolute Gasteiger partial charge is 0.325 e. The second kappa shape index (κ2) is 9.01. The van der Waals surface area contributed by atoms with Gasteiger partial charge in [-0.2, -0.15) is 0 Å². The van der Waals surface area contributed by atoms with Crippen LogP contribution in [-0.4, -0.2) is 39.8 Å². The number of hydrogen-bond acceptors (Lipinski definition) is 5. The fraction of sp³-hybridized carbons (Fsp3) is 0.500. The van der Waals surface area contributed by atoms with E-state index in [1.54, 1.807) is 6.92 Å². The summed E-state index contributed by atoms with van der Waals surface area (Å²) in [5, 5.41) is 16.0. The van der Waals surface area contributed by atoms with Gasteiger partial charge >= 0.3 is 6.03 Å². The molecule has 0 unspecified atom stereocenters. The fourth-order valence-corrected chi connectivity index (χ4v) is 3.23. The van der Waals surface area contributed by atoms with Gasteiger partial charge in [0.25, 0.3) is 11.6 Å². The first-order valence-electron chi connectivity index (χ1n) is 9.06. The summed E-state index contributed by atoms with van der Waals surface area (Å²) >= 11 is 5.74. The summed E-state index contributed by atoms with van der Waals surface area (Å²) in [6.07, 6.45) is 4.37. The second-order valence-corrected chi connectivity index (χ2v) is 7.34. The van der Waals surface area contributed by atoms with Crippen molar-refractivity contribution in [1.29, 1.82) is 0 Å². The zero-order valence-corrected chi connectivity index (χ0v) is 16.5. The molecule has 2 rings (SSSR count). The van der Waals surface area contributed by atoms with Crippen LogP contribution < -0.4 is 10.6 Å². The van der Waals surface area contributed by atoms with Crippen LogP contribution >= 0.6 is 11.6 Å². The molecule has 1 aromatic carbocycles. The van der Waals surface area contributed by atoms with Crippen LogP contribution in [-0.2, 0) is 9.59 Å². The first-order chi connectivity index (χ1) is 13.2. The monoisotopic (exact) mass is 410 g/mol. The molecule has 0 aliphatic carbocycles. The van der Waals surface area contributed by atoms with Gasteiger partial charge in [0.05, 0.1) is 4.92 Å². The number of imide groups is 1. The Morgan fingerprint density at radius 1 is 1.32 bits per heavy atom. The van der Waals surface area contributed by atoms with Crippen LogP contribution in [0.1, 0.15) is 46.0 Å². The summed E-state index contributed by atoms with van der Waals surface area (Å²) in [5.74, 6) is -1.10. The van der Waals surface area contributed by atoms with Gasteiger partial charge in [-0.05, 0) is 25.5 Å². The van der Waals surface area contributed by atoms with Crippen molar-refractivity contribution in [2.75, 3.05) is 11.9 Å². The Labute approximate surface area is 167 Å². The standard InChI is InChI=1S/C18H23ClN4O5/c1-3-4-5-6-9-18(2)16(25)22(17(26)21-18)11-15(24)20-12-7-8-13(19)14(10-12)23(27)28/h7-8,10H,3-6,9,11H2,1-2H3,(H,20,24)(H,21,26)/t18-/m0/s1. The number of unbranched alkanes of at least 4 members (excludes halogenated alkanes) is 3. The van der Waals surface area contributed by atoms with Crippen molar-refractivity contribution in [3.8, 4) is 0 Å². The number of carbonyl (C=O) groups excluding carboxylic acids is 3. The lowest BCUT2D eigenvalue weighted by Gasteiger charge is -2.21. The van der Waals surface area contributed by atoms with Crippen molar-refractivity contribution in [2.24, 2.45) is 0 Å². The SMILES string of the molecule is CCCCCC[C@]1(C)NC(=O)N(CC(=O)Nc2ccc(Cl)c([N+](=O)[O-])c2)C1=O. The molecule has 0 aromatic heterocycles. The van der Waals surface area contributed by atoms with E-state index in [1.807, 2.05) is 0 Å². The Bertz CT molecular complexity index is 800. The van der Waals surface area contributed by atoms with E-state index in [2.05, 4.69) is 17.6 Å². The molecule has 10 heteroatoms. The molecule has 0 saturated carbocycles.